The van der Waals surface area contributed by atoms with Gasteiger partial charge in [-0.05, 0) is 13.0 Å². The number of nitrogens with one attached hydrogen (secondary N) is 1. The number of esters is 1. The molecule has 88 valence electrons. The third kappa shape index (κ3) is 3.22. The van der Waals surface area contributed by atoms with Crippen molar-refractivity contribution in [2.45, 2.75) is 10.8 Å². The van der Waals surface area contributed by atoms with Crippen molar-refractivity contribution in [1.29, 1.82) is 0 Å². The number of carbonyl (C=O) groups is 2. The molecule has 0 aromatic carbocycles. The highest BCUT2D eigenvalue weighted by Gasteiger charge is 2.18. The molecule has 0 spiro atoms. The zero-order valence-electron chi connectivity index (χ0n) is 8.95. The number of halogens is 1. The number of aryl methyl sites for hydroxylation is 1. The summed E-state index contributed by atoms with van der Waals surface area (Å²) in [4.78, 5) is 22.7. The van der Waals surface area contributed by atoms with Crippen LogP contribution in [0, 0.1) is 6.92 Å². The lowest BCUT2D eigenvalue weighted by molar-refractivity contribution is -0.139. The Bertz CT molecular complexity index is 388. The second-order valence-electron chi connectivity index (χ2n) is 3.13. The molecule has 1 N–H and O–H groups in total. The molecule has 1 aromatic rings. The maximum Gasteiger partial charge on any atom is 0.320 e. The summed E-state index contributed by atoms with van der Waals surface area (Å²) in [5.41, 5.74) is 0.764. The van der Waals surface area contributed by atoms with Crippen LogP contribution in [0.15, 0.2) is 16.7 Å². The van der Waals surface area contributed by atoms with Crippen molar-refractivity contribution < 1.29 is 18.7 Å². The Morgan fingerprint density at radius 2 is 2.31 bits per heavy atom. The van der Waals surface area contributed by atoms with Gasteiger partial charge in [0.2, 0.25) is 0 Å². The average Bonchev–Trinajstić information content (AvgIpc) is 2.70. The molecule has 6 heteroatoms. The number of rotatable bonds is 4. The largest absolute Gasteiger partial charge is 0.468 e. The monoisotopic (exact) mass is 337 g/mol. The lowest BCUT2D eigenvalue weighted by atomic mass is 10.2. The summed E-state index contributed by atoms with van der Waals surface area (Å²) < 4.78 is 9.15. The smallest absolute Gasteiger partial charge is 0.320 e. The average molecular weight is 337 g/mol. The van der Waals surface area contributed by atoms with Crippen LogP contribution >= 0.6 is 22.6 Å². The van der Waals surface area contributed by atoms with Gasteiger partial charge < -0.3 is 14.5 Å². The molecule has 1 rings (SSSR count). The van der Waals surface area contributed by atoms with Gasteiger partial charge in [-0.25, -0.2) is 0 Å². The highest BCUT2D eigenvalue weighted by molar-refractivity contribution is 14.1. The minimum Gasteiger partial charge on any atom is -0.468 e. The number of hydrogen-bond donors (Lipinski definition) is 1. The van der Waals surface area contributed by atoms with Crippen molar-refractivity contribution in [1.82, 2.24) is 5.32 Å². The van der Waals surface area contributed by atoms with Crippen molar-refractivity contribution >= 4 is 34.5 Å². The second kappa shape index (κ2) is 5.88. The molecule has 1 unspecified atom stereocenters. The van der Waals surface area contributed by atoms with Crippen LogP contribution in [0.3, 0.4) is 0 Å². The Morgan fingerprint density at radius 3 is 2.81 bits per heavy atom. The Labute approximate surface area is 107 Å². The van der Waals surface area contributed by atoms with E-state index in [1.807, 2.05) is 22.6 Å². The van der Waals surface area contributed by atoms with E-state index in [9.17, 15) is 9.59 Å². The van der Waals surface area contributed by atoms with Crippen molar-refractivity contribution in [3.63, 3.8) is 0 Å². The quantitative estimate of drug-likeness (QED) is 0.511. The van der Waals surface area contributed by atoms with E-state index in [0.29, 0.717) is 0 Å². The van der Waals surface area contributed by atoms with Crippen molar-refractivity contribution in [2.75, 3.05) is 13.7 Å². The molecule has 0 saturated heterocycles. The fourth-order valence-electron chi connectivity index (χ4n) is 1.08. The van der Waals surface area contributed by atoms with E-state index >= 15 is 0 Å². The predicted octanol–water partition coefficient (Wildman–Crippen LogP) is 1.29. The van der Waals surface area contributed by atoms with Crippen LogP contribution < -0.4 is 5.32 Å². The molecule has 0 aliphatic rings. The topological polar surface area (TPSA) is 68.5 Å². The molecule has 1 amide bonds. The molecule has 1 atom stereocenters. The summed E-state index contributed by atoms with van der Waals surface area (Å²) in [6, 6.07) is 1.71. The van der Waals surface area contributed by atoms with Gasteiger partial charge >= 0.3 is 5.97 Å². The number of carbonyl (C=O) groups excluding carboxylic acids is 2. The molecular formula is C10H12INO4. The van der Waals surface area contributed by atoms with Crippen LogP contribution in [0.4, 0.5) is 0 Å². The first-order valence-electron chi connectivity index (χ1n) is 4.60. The number of methoxy groups -OCH3 is 1. The third-order valence-electron chi connectivity index (χ3n) is 1.97. The Morgan fingerprint density at radius 1 is 1.62 bits per heavy atom. The molecule has 1 aromatic heterocycles. The zero-order valence-corrected chi connectivity index (χ0v) is 11.1. The Balaban J connectivity index is 2.48. The van der Waals surface area contributed by atoms with Gasteiger partial charge in [-0.1, -0.05) is 22.6 Å². The summed E-state index contributed by atoms with van der Waals surface area (Å²) in [5, 5.41) is 2.60. The van der Waals surface area contributed by atoms with Gasteiger partial charge in [-0.2, -0.15) is 0 Å². The number of amides is 1. The van der Waals surface area contributed by atoms with E-state index in [1.54, 1.807) is 13.0 Å². The van der Waals surface area contributed by atoms with Crippen LogP contribution in [0.5, 0.6) is 0 Å². The van der Waals surface area contributed by atoms with E-state index in [1.165, 1.54) is 13.4 Å². The standard InChI is InChI=1S/C10H12INO4/c1-6-3-4-16-8(6)9(13)12-5-7(11)10(14)15-2/h3-4,7H,5H2,1-2H3,(H,12,13). The molecule has 0 saturated carbocycles. The maximum atomic E-state index is 11.6. The number of alkyl halides is 1. The van der Waals surface area contributed by atoms with Crippen molar-refractivity contribution in [3.05, 3.63) is 23.7 Å². The summed E-state index contributed by atoms with van der Waals surface area (Å²) in [7, 11) is 1.31. The molecule has 0 aliphatic carbocycles. The van der Waals surface area contributed by atoms with Crippen LogP contribution in [0.2, 0.25) is 0 Å². The molecular weight excluding hydrogens is 325 g/mol. The first-order chi connectivity index (χ1) is 7.56. The summed E-state index contributed by atoms with van der Waals surface area (Å²) in [5.74, 6) is -0.418. The molecule has 1 heterocycles. The molecule has 0 bridgehead atoms. The maximum absolute atomic E-state index is 11.6. The summed E-state index contributed by atoms with van der Waals surface area (Å²) in [6.45, 7) is 1.99. The Kier molecular flexibility index (Phi) is 4.78. The van der Waals surface area contributed by atoms with Gasteiger partial charge in [0.15, 0.2) is 5.76 Å². The summed E-state index contributed by atoms with van der Waals surface area (Å²) in [6.07, 6.45) is 1.45. The lowest BCUT2D eigenvalue weighted by Gasteiger charge is -2.08. The van der Waals surface area contributed by atoms with E-state index in [2.05, 4.69) is 10.1 Å². The Hall–Kier alpha value is -1.05. The first-order valence-corrected chi connectivity index (χ1v) is 5.85. The highest BCUT2D eigenvalue weighted by atomic mass is 127. The fourth-order valence-corrected chi connectivity index (χ4v) is 1.55. The molecule has 16 heavy (non-hydrogen) atoms. The highest BCUT2D eigenvalue weighted by Crippen LogP contribution is 2.08. The van der Waals surface area contributed by atoms with Crippen molar-refractivity contribution in [3.8, 4) is 0 Å². The van der Waals surface area contributed by atoms with Gasteiger partial charge in [-0.3, -0.25) is 9.59 Å². The van der Waals surface area contributed by atoms with Gasteiger partial charge in [0.1, 0.15) is 3.92 Å². The molecule has 0 aliphatic heterocycles. The molecule has 0 fully saturated rings. The number of hydrogen-bond acceptors (Lipinski definition) is 4. The number of furan rings is 1. The lowest BCUT2D eigenvalue weighted by Crippen LogP contribution is -2.33. The van der Waals surface area contributed by atoms with E-state index in [4.69, 9.17) is 4.42 Å². The second-order valence-corrected chi connectivity index (χ2v) is 4.64. The van der Waals surface area contributed by atoms with Crippen LogP contribution in [-0.2, 0) is 9.53 Å². The van der Waals surface area contributed by atoms with Crippen LogP contribution in [-0.4, -0.2) is 29.5 Å². The van der Waals surface area contributed by atoms with Gasteiger partial charge in [0.25, 0.3) is 5.91 Å². The summed E-state index contributed by atoms with van der Waals surface area (Å²) >= 11 is 1.91. The van der Waals surface area contributed by atoms with E-state index < -0.39 is 3.92 Å². The number of ether oxygens (including phenoxy) is 1. The molecule has 5 nitrogen and oxygen atoms in total. The van der Waals surface area contributed by atoms with E-state index in [0.717, 1.165) is 5.56 Å². The van der Waals surface area contributed by atoms with Crippen molar-refractivity contribution in [2.24, 2.45) is 0 Å². The first kappa shape index (κ1) is 13.0. The van der Waals surface area contributed by atoms with Crippen LogP contribution in [0.25, 0.3) is 0 Å². The normalized spacial score (nSPS) is 11.9. The SMILES string of the molecule is COC(=O)C(I)CNC(=O)c1occc1C. The minimum absolute atomic E-state index is 0.214. The fraction of sp³-hybridized carbons (Fsp3) is 0.400. The van der Waals surface area contributed by atoms with Crippen LogP contribution in [0.1, 0.15) is 16.1 Å². The molecule has 0 radical (unpaired) electrons. The van der Waals surface area contributed by atoms with E-state index in [-0.39, 0.29) is 24.2 Å². The zero-order chi connectivity index (χ0) is 12.1. The minimum atomic E-state index is -0.401. The third-order valence-corrected chi connectivity index (χ3v) is 2.92. The van der Waals surface area contributed by atoms with Gasteiger partial charge in [0, 0.05) is 12.1 Å². The van der Waals surface area contributed by atoms with Gasteiger partial charge in [0.05, 0.1) is 13.4 Å². The van der Waals surface area contributed by atoms with Gasteiger partial charge in [-0.15, -0.1) is 0 Å². The predicted molar refractivity (Wildman–Crippen MR) is 65.6 cm³/mol.